The van der Waals surface area contributed by atoms with Gasteiger partial charge >= 0.3 is 12.1 Å². The summed E-state index contributed by atoms with van der Waals surface area (Å²) in [6.45, 7) is 2.41. The molecular weight excluding hydrogens is 314 g/mol. The lowest BCUT2D eigenvalue weighted by molar-refractivity contribution is -0.139. The number of anilines is 1. The largest absolute Gasteiger partial charge is 0.481 e. The number of cyclic esters (lactones) is 1. The molecule has 1 aromatic rings. The van der Waals surface area contributed by atoms with Gasteiger partial charge in [0.05, 0.1) is 6.42 Å². The number of hydrogen-bond donors (Lipinski definition) is 1. The maximum Gasteiger partial charge on any atom is 0.414 e. The Labute approximate surface area is 119 Å². The van der Waals surface area contributed by atoms with Crippen molar-refractivity contribution >= 4 is 33.7 Å². The molecule has 6 heteroatoms. The minimum atomic E-state index is -0.953. The fourth-order valence-corrected chi connectivity index (χ4v) is 2.25. The number of amides is 1. The van der Waals surface area contributed by atoms with E-state index in [0.717, 1.165) is 15.7 Å². The number of nitrogens with zero attached hydrogens (tertiary/aromatic N) is 1. The van der Waals surface area contributed by atoms with Crippen molar-refractivity contribution in [1.29, 1.82) is 0 Å². The zero-order valence-electron chi connectivity index (χ0n) is 10.4. The van der Waals surface area contributed by atoms with E-state index in [1.807, 2.05) is 25.1 Å². The second kappa shape index (κ2) is 5.61. The molecule has 1 atom stereocenters. The molecule has 0 spiro atoms. The highest BCUT2D eigenvalue weighted by Gasteiger charge is 2.29. The first-order chi connectivity index (χ1) is 8.97. The molecule has 1 amide bonds. The van der Waals surface area contributed by atoms with E-state index in [0.29, 0.717) is 13.0 Å². The molecule has 1 heterocycles. The lowest BCUT2D eigenvalue weighted by Gasteiger charge is -2.31. The minimum Gasteiger partial charge on any atom is -0.481 e. The molecule has 1 aromatic carbocycles. The van der Waals surface area contributed by atoms with E-state index >= 15 is 0 Å². The van der Waals surface area contributed by atoms with Crippen molar-refractivity contribution in [3.63, 3.8) is 0 Å². The van der Waals surface area contributed by atoms with Crippen molar-refractivity contribution in [2.75, 3.05) is 11.4 Å². The quantitative estimate of drug-likeness (QED) is 0.926. The molecule has 1 saturated heterocycles. The lowest BCUT2D eigenvalue weighted by atomic mass is 10.1. The summed E-state index contributed by atoms with van der Waals surface area (Å²) in [4.78, 5) is 24.0. The average Bonchev–Trinajstić information content (AvgIpc) is 2.32. The predicted octanol–water partition coefficient (Wildman–Crippen LogP) is 2.95. The molecule has 0 aromatic heterocycles. The molecule has 102 valence electrons. The number of carbonyl (C=O) groups is 2. The molecule has 2 rings (SSSR count). The summed E-state index contributed by atoms with van der Waals surface area (Å²) in [5.74, 6) is -0.953. The summed E-state index contributed by atoms with van der Waals surface area (Å²) in [6.07, 6.45) is -0.636. The Morgan fingerprint density at radius 2 is 2.32 bits per heavy atom. The number of ether oxygens (including phenoxy) is 1. The highest BCUT2D eigenvalue weighted by Crippen LogP contribution is 2.26. The highest BCUT2D eigenvalue weighted by molar-refractivity contribution is 9.10. The van der Waals surface area contributed by atoms with Crippen molar-refractivity contribution < 1.29 is 19.4 Å². The van der Waals surface area contributed by atoms with E-state index in [9.17, 15) is 9.59 Å². The number of carbonyl (C=O) groups excluding carboxylic acids is 1. The summed E-state index contributed by atoms with van der Waals surface area (Å²) in [7, 11) is 0. The summed E-state index contributed by atoms with van der Waals surface area (Å²) < 4.78 is 6.11. The van der Waals surface area contributed by atoms with Crippen molar-refractivity contribution in [3.05, 3.63) is 28.2 Å². The number of carboxylic acids is 1. The van der Waals surface area contributed by atoms with Crippen LogP contribution in [0.3, 0.4) is 0 Å². The molecule has 0 radical (unpaired) electrons. The molecule has 1 fully saturated rings. The number of rotatable bonds is 3. The third-order valence-electron chi connectivity index (χ3n) is 3.02. The Hall–Kier alpha value is -1.56. The van der Waals surface area contributed by atoms with E-state index in [2.05, 4.69) is 15.9 Å². The van der Waals surface area contributed by atoms with E-state index in [1.54, 1.807) is 0 Å². The monoisotopic (exact) mass is 327 g/mol. The first-order valence-corrected chi connectivity index (χ1v) is 6.73. The number of aliphatic carboxylic acids is 1. The third-order valence-corrected chi connectivity index (χ3v) is 3.91. The molecule has 1 aliphatic rings. The summed E-state index contributed by atoms with van der Waals surface area (Å²) in [6, 6.07) is 5.60. The van der Waals surface area contributed by atoms with Gasteiger partial charge < -0.3 is 9.84 Å². The zero-order chi connectivity index (χ0) is 14.0. The van der Waals surface area contributed by atoms with Gasteiger partial charge in [0, 0.05) is 23.1 Å². The normalized spacial score (nSPS) is 19.2. The van der Waals surface area contributed by atoms with Gasteiger partial charge in [-0.05, 0) is 30.7 Å². The number of hydrogen-bond acceptors (Lipinski definition) is 3. The van der Waals surface area contributed by atoms with Gasteiger partial charge in [0.15, 0.2) is 0 Å². The Morgan fingerprint density at radius 1 is 1.58 bits per heavy atom. The van der Waals surface area contributed by atoms with Crippen LogP contribution in [0, 0.1) is 6.92 Å². The SMILES string of the molecule is Cc1cc(N2CCC(CC(=O)O)OC2=O)ccc1Br. The van der Waals surface area contributed by atoms with Gasteiger partial charge in [0.1, 0.15) is 6.10 Å². The topological polar surface area (TPSA) is 66.8 Å². The van der Waals surface area contributed by atoms with Crippen LogP contribution in [-0.2, 0) is 9.53 Å². The minimum absolute atomic E-state index is 0.140. The maximum absolute atomic E-state index is 11.9. The molecule has 0 saturated carbocycles. The number of aryl methyl sites for hydroxylation is 1. The Balaban J connectivity index is 2.09. The molecule has 19 heavy (non-hydrogen) atoms. The van der Waals surface area contributed by atoms with Crippen LogP contribution in [0.5, 0.6) is 0 Å². The van der Waals surface area contributed by atoms with Crippen LogP contribution in [0.1, 0.15) is 18.4 Å². The molecule has 0 aliphatic carbocycles. The highest BCUT2D eigenvalue weighted by atomic mass is 79.9. The molecule has 0 bridgehead atoms. The van der Waals surface area contributed by atoms with E-state index in [-0.39, 0.29) is 6.42 Å². The van der Waals surface area contributed by atoms with Gasteiger partial charge in [-0.25, -0.2) is 4.79 Å². The zero-order valence-corrected chi connectivity index (χ0v) is 12.0. The van der Waals surface area contributed by atoms with Crippen molar-refractivity contribution in [2.45, 2.75) is 25.9 Å². The molecule has 5 nitrogen and oxygen atoms in total. The lowest BCUT2D eigenvalue weighted by Crippen LogP contribution is -2.42. The number of carboxylic acid groups (broad SMARTS) is 1. The second-order valence-electron chi connectivity index (χ2n) is 4.48. The fourth-order valence-electron chi connectivity index (χ4n) is 2.00. The molecule has 1 N–H and O–H groups in total. The van der Waals surface area contributed by atoms with Gasteiger partial charge in [0.2, 0.25) is 0 Å². The van der Waals surface area contributed by atoms with Crippen LogP contribution in [-0.4, -0.2) is 29.8 Å². The van der Waals surface area contributed by atoms with Gasteiger partial charge in [0.25, 0.3) is 0 Å². The fraction of sp³-hybridized carbons (Fsp3) is 0.385. The molecule has 1 unspecified atom stereocenters. The van der Waals surface area contributed by atoms with Gasteiger partial charge in [-0.1, -0.05) is 15.9 Å². The summed E-state index contributed by atoms with van der Waals surface area (Å²) >= 11 is 3.41. The standard InChI is InChI=1S/C13H14BrNO4/c1-8-6-9(2-3-11(8)14)15-5-4-10(7-12(16)17)19-13(15)18/h2-3,6,10H,4-5,7H2,1H3,(H,16,17). The third kappa shape index (κ3) is 3.26. The van der Waals surface area contributed by atoms with Crippen LogP contribution >= 0.6 is 15.9 Å². The maximum atomic E-state index is 11.9. The van der Waals surface area contributed by atoms with Crippen LogP contribution in [0.4, 0.5) is 10.5 Å². The first kappa shape index (κ1) is 13.9. The van der Waals surface area contributed by atoms with Crippen molar-refractivity contribution in [1.82, 2.24) is 0 Å². The first-order valence-electron chi connectivity index (χ1n) is 5.93. The average molecular weight is 328 g/mol. The van der Waals surface area contributed by atoms with E-state index < -0.39 is 18.2 Å². The number of halogens is 1. The Bertz CT molecular complexity index is 517. The second-order valence-corrected chi connectivity index (χ2v) is 5.33. The van der Waals surface area contributed by atoms with Crippen LogP contribution in [0.25, 0.3) is 0 Å². The van der Waals surface area contributed by atoms with Crippen LogP contribution < -0.4 is 4.90 Å². The molecular formula is C13H14BrNO4. The van der Waals surface area contributed by atoms with Crippen LogP contribution in [0.15, 0.2) is 22.7 Å². The molecule has 1 aliphatic heterocycles. The summed E-state index contributed by atoms with van der Waals surface area (Å²) in [5.41, 5.74) is 1.79. The van der Waals surface area contributed by atoms with Gasteiger partial charge in [-0.3, -0.25) is 9.69 Å². The van der Waals surface area contributed by atoms with Crippen molar-refractivity contribution in [2.24, 2.45) is 0 Å². The van der Waals surface area contributed by atoms with Gasteiger partial charge in [-0.15, -0.1) is 0 Å². The predicted molar refractivity (Wildman–Crippen MR) is 73.4 cm³/mol. The smallest absolute Gasteiger partial charge is 0.414 e. The van der Waals surface area contributed by atoms with E-state index in [4.69, 9.17) is 9.84 Å². The summed E-state index contributed by atoms with van der Waals surface area (Å²) in [5, 5.41) is 8.69. The van der Waals surface area contributed by atoms with Crippen LogP contribution in [0.2, 0.25) is 0 Å². The van der Waals surface area contributed by atoms with Crippen molar-refractivity contribution in [3.8, 4) is 0 Å². The Kier molecular flexibility index (Phi) is 4.09. The Morgan fingerprint density at radius 3 is 2.89 bits per heavy atom. The van der Waals surface area contributed by atoms with Gasteiger partial charge in [-0.2, -0.15) is 0 Å². The number of benzene rings is 1. The van der Waals surface area contributed by atoms with E-state index in [1.165, 1.54) is 4.90 Å².